The van der Waals surface area contributed by atoms with E-state index in [0.29, 0.717) is 12.6 Å². The predicted octanol–water partition coefficient (Wildman–Crippen LogP) is 2.88. The molecule has 19 heavy (non-hydrogen) atoms. The summed E-state index contributed by atoms with van der Waals surface area (Å²) in [4.78, 5) is 17.6. The topological polar surface area (TPSA) is 53.4 Å². The van der Waals surface area contributed by atoms with Crippen LogP contribution in [0, 0.1) is 0 Å². The van der Waals surface area contributed by atoms with Crippen molar-refractivity contribution < 1.29 is 9.90 Å². The number of aromatic nitrogens is 1. The highest BCUT2D eigenvalue weighted by Gasteiger charge is 2.30. The first-order valence-corrected chi connectivity index (χ1v) is 7.65. The smallest absolute Gasteiger partial charge is 0.304 e. The van der Waals surface area contributed by atoms with Crippen LogP contribution in [0.4, 0.5) is 0 Å². The van der Waals surface area contributed by atoms with E-state index in [4.69, 9.17) is 5.11 Å². The van der Waals surface area contributed by atoms with Crippen LogP contribution in [0.25, 0.3) is 0 Å². The number of hydrogen-bond donors (Lipinski definition) is 1. The monoisotopic (exact) mass is 282 g/mol. The Labute approximate surface area is 118 Å². The molecule has 0 aromatic carbocycles. The van der Waals surface area contributed by atoms with Gasteiger partial charge in [-0.05, 0) is 12.8 Å². The Kier molecular flexibility index (Phi) is 4.26. The quantitative estimate of drug-likeness (QED) is 0.871. The molecule has 1 fully saturated rings. The second kappa shape index (κ2) is 5.59. The molecule has 0 atom stereocenters. The van der Waals surface area contributed by atoms with E-state index in [1.165, 1.54) is 12.8 Å². The van der Waals surface area contributed by atoms with Crippen molar-refractivity contribution in [1.82, 2.24) is 9.88 Å². The van der Waals surface area contributed by atoms with E-state index < -0.39 is 5.97 Å². The summed E-state index contributed by atoms with van der Waals surface area (Å²) in [6.45, 7) is 7.91. The molecule has 0 bridgehead atoms. The Morgan fingerprint density at radius 1 is 1.53 bits per heavy atom. The van der Waals surface area contributed by atoms with Gasteiger partial charge < -0.3 is 5.11 Å². The Morgan fingerprint density at radius 3 is 2.68 bits per heavy atom. The van der Waals surface area contributed by atoms with E-state index in [1.54, 1.807) is 11.3 Å². The molecule has 0 unspecified atom stereocenters. The molecule has 0 aliphatic heterocycles. The highest BCUT2D eigenvalue weighted by atomic mass is 32.1. The number of hydrogen-bond acceptors (Lipinski definition) is 4. The van der Waals surface area contributed by atoms with Crippen LogP contribution in [-0.2, 0) is 16.8 Å². The van der Waals surface area contributed by atoms with Gasteiger partial charge in [-0.15, -0.1) is 11.3 Å². The molecule has 0 spiro atoms. The lowest BCUT2D eigenvalue weighted by Gasteiger charge is -2.20. The number of aliphatic carboxylic acids is 1. The van der Waals surface area contributed by atoms with E-state index in [1.807, 2.05) is 0 Å². The maximum Gasteiger partial charge on any atom is 0.304 e. The van der Waals surface area contributed by atoms with Gasteiger partial charge in [-0.2, -0.15) is 0 Å². The predicted molar refractivity (Wildman–Crippen MR) is 76.5 cm³/mol. The maximum atomic E-state index is 10.7. The van der Waals surface area contributed by atoms with Gasteiger partial charge >= 0.3 is 5.97 Å². The zero-order valence-electron chi connectivity index (χ0n) is 11.8. The van der Waals surface area contributed by atoms with Gasteiger partial charge in [-0.1, -0.05) is 20.8 Å². The summed E-state index contributed by atoms with van der Waals surface area (Å²) < 4.78 is 0. The largest absolute Gasteiger partial charge is 0.481 e. The molecule has 1 aliphatic rings. The third kappa shape index (κ3) is 4.28. The van der Waals surface area contributed by atoms with Gasteiger partial charge in [0.25, 0.3) is 0 Å². The van der Waals surface area contributed by atoms with Crippen molar-refractivity contribution in [1.29, 1.82) is 0 Å². The summed E-state index contributed by atoms with van der Waals surface area (Å²) in [7, 11) is 0. The fraction of sp³-hybridized carbons (Fsp3) is 0.714. The molecule has 106 valence electrons. The van der Waals surface area contributed by atoms with Gasteiger partial charge in [-0.25, -0.2) is 4.98 Å². The molecule has 1 saturated carbocycles. The number of rotatable bonds is 6. The van der Waals surface area contributed by atoms with Crippen molar-refractivity contribution in [2.75, 3.05) is 6.54 Å². The molecule has 2 rings (SSSR count). The van der Waals surface area contributed by atoms with Crippen LogP contribution in [-0.4, -0.2) is 33.5 Å². The Morgan fingerprint density at radius 2 is 2.21 bits per heavy atom. The van der Waals surface area contributed by atoms with Crippen molar-refractivity contribution in [3.05, 3.63) is 16.1 Å². The summed E-state index contributed by atoms with van der Waals surface area (Å²) in [5.74, 6) is -0.723. The minimum absolute atomic E-state index is 0.0917. The van der Waals surface area contributed by atoms with Gasteiger partial charge in [0.2, 0.25) is 0 Å². The Bertz CT molecular complexity index is 447. The number of carboxylic acid groups (broad SMARTS) is 1. The molecule has 0 amide bonds. The van der Waals surface area contributed by atoms with Crippen LogP contribution in [0.2, 0.25) is 0 Å². The summed E-state index contributed by atoms with van der Waals surface area (Å²) in [6.07, 6.45) is 2.60. The Balaban J connectivity index is 1.97. The van der Waals surface area contributed by atoms with Crippen molar-refractivity contribution in [2.24, 2.45) is 0 Å². The van der Waals surface area contributed by atoms with Gasteiger partial charge in [-0.3, -0.25) is 9.69 Å². The third-order valence-corrected chi connectivity index (χ3v) is 4.55. The van der Waals surface area contributed by atoms with Crippen molar-refractivity contribution in [2.45, 2.75) is 58.0 Å². The van der Waals surface area contributed by atoms with Crippen LogP contribution >= 0.6 is 11.3 Å². The Hall–Kier alpha value is -0.940. The molecule has 1 aromatic rings. The maximum absolute atomic E-state index is 10.7. The number of thiazole rings is 1. The van der Waals surface area contributed by atoms with E-state index in [0.717, 1.165) is 17.2 Å². The summed E-state index contributed by atoms with van der Waals surface area (Å²) >= 11 is 1.70. The first kappa shape index (κ1) is 14.5. The average Bonchev–Trinajstić information content (AvgIpc) is 3.02. The minimum atomic E-state index is -0.723. The average molecular weight is 282 g/mol. The first-order chi connectivity index (χ1) is 8.86. The van der Waals surface area contributed by atoms with Gasteiger partial charge in [0.15, 0.2) is 0 Å². The number of carboxylic acids is 1. The summed E-state index contributed by atoms with van der Waals surface area (Å²) in [6, 6.07) is 0.569. The fourth-order valence-electron chi connectivity index (χ4n) is 2.00. The molecule has 0 saturated heterocycles. The van der Waals surface area contributed by atoms with Crippen molar-refractivity contribution in [3.8, 4) is 0 Å². The summed E-state index contributed by atoms with van der Waals surface area (Å²) in [5, 5.41) is 12.1. The van der Waals surface area contributed by atoms with E-state index >= 15 is 0 Å². The first-order valence-electron chi connectivity index (χ1n) is 6.77. The van der Waals surface area contributed by atoms with Crippen LogP contribution in [0.5, 0.6) is 0 Å². The fourth-order valence-corrected chi connectivity index (χ4v) is 2.90. The lowest BCUT2D eigenvalue weighted by molar-refractivity contribution is -0.137. The standard InChI is InChI=1S/C14H22N2O2S/c1-14(2,3)13-15-10(9-19-13)8-16(11-4-5-11)7-6-12(17)18/h9,11H,4-8H2,1-3H3,(H,17,18). The van der Waals surface area contributed by atoms with Crippen LogP contribution < -0.4 is 0 Å². The second-order valence-corrected chi connectivity index (χ2v) is 7.10. The lowest BCUT2D eigenvalue weighted by atomic mass is 9.98. The zero-order valence-corrected chi connectivity index (χ0v) is 12.7. The number of carbonyl (C=O) groups is 1. The molecule has 1 N–H and O–H groups in total. The SMILES string of the molecule is CC(C)(C)c1nc(CN(CCC(=O)O)C2CC2)cs1. The molecule has 0 radical (unpaired) electrons. The summed E-state index contributed by atoms with van der Waals surface area (Å²) in [5.41, 5.74) is 1.17. The molecular formula is C14H22N2O2S. The lowest BCUT2D eigenvalue weighted by Crippen LogP contribution is -2.28. The highest BCUT2D eigenvalue weighted by Crippen LogP contribution is 2.30. The minimum Gasteiger partial charge on any atom is -0.481 e. The molecule has 5 heteroatoms. The molecule has 1 aromatic heterocycles. The van der Waals surface area contributed by atoms with Crippen molar-refractivity contribution in [3.63, 3.8) is 0 Å². The molecule has 1 heterocycles. The van der Waals surface area contributed by atoms with Gasteiger partial charge in [0.1, 0.15) is 0 Å². The number of nitrogens with zero attached hydrogens (tertiary/aromatic N) is 2. The van der Waals surface area contributed by atoms with Crippen LogP contribution in [0.15, 0.2) is 5.38 Å². The van der Waals surface area contributed by atoms with Gasteiger partial charge in [0, 0.05) is 29.9 Å². The highest BCUT2D eigenvalue weighted by molar-refractivity contribution is 7.09. The van der Waals surface area contributed by atoms with Crippen LogP contribution in [0.1, 0.15) is 50.7 Å². The van der Waals surface area contributed by atoms with E-state index in [2.05, 4.69) is 36.0 Å². The van der Waals surface area contributed by atoms with Crippen molar-refractivity contribution >= 4 is 17.3 Å². The third-order valence-electron chi connectivity index (χ3n) is 3.23. The van der Waals surface area contributed by atoms with Gasteiger partial charge in [0.05, 0.1) is 17.1 Å². The normalized spacial score (nSPS) is 16.0. The van der Waals surface area contributed by atoms with E-state index in [9.17, 15) is 4.79 Å². The molecular weight excluding hydrogens is 260 g/mol. The van der Waals surface area contributed by atoms with E-state index in [-0.39, 0.29) is 11.8 Å². The van der Waals surface area contributed by atoms with Crippen LogP contribution in [0.3, 0.4) is 0 Å². The molecule has 4 nitrogen and oxygen atoms in total. The second-order valence-electron chi connectivity index (χ2n) is 6.24. The zero-order chi connectivity index (χ0) is 14.0. The molecule has 1 aliphatic carbocycles.